The first-order valence-corrected chi connectivity index (χ1v) is 7.15. The number of anilines is 1. The van der Waals surface area contributed by atoms with Gasteiger partial charge in [0.05, 0.1) is 12.2 Å². The zero-order valence-corrected chi connectivity index (χ0v) is 12.9. The summed E-state index contributed by atoms with van der Waals surface area (Å²) < 4.78 is 0. The number of aromatic nitrogens is 1. The van der Waals surface area contributed by atoms with E-state index in [1.165, 1.54) is 0 Å². The molecule has 0 aliphatic carbocycles. The minimum atomic E-state index is -0.385. The Hall–Kier alpha value is -2.40. The third-order valence-corrected chi connectivity index (χ3v) is 3.22. The highest BCUT2D eigenvalue weighted by Crippen LogP contribution is 2.20. The molecule has 0 aliphatic rings. The second-order valence-corrected chi connectivity index (χ2v) is 5.22. The van der Waals surface area contributed by atoms with Gasteiger partial charge in [0.25, 0.3) is 0 Å². The second-order valence-electron chi connectivity index (χ2n) is 4.78. The van der Waals surface area contributed by atoms with Crippen LogP contribution in [0.4, 0.5) is 5.69 Å². The number of nitrogens with zero attached hydrogens (tertiary/aromatic N) is 1. The van der Waals surface area contributed by atoms with Crippen molar-refractivity contribution in [3.05, 3.63) is 58.9 Å². The Balaban J connectivity index is 1.84. The third-order valence-electron chi connectivity index (χ3n) is 2.99. The predicted octanol–water partition coefficient (Wildman–Crippen LogP) is 2.69. The Bertz CT molecular complexity index is 674. The van der Waals surface area contributed by atoms with Gasteiger partial charge in [-0.1, -0.05) is 23.7 Å². The van der Waals surface area contributed by atoms with Gasteiger partial charge in [-0.05, 0) is 36.8 Å². The molecule has 1 heterocycles. The quantitative estimate of drug-likeness (QED) is 0.833. The van der Waals surface area contributed by atoms with Gasteiger partial charge in [0.2, 0.25) is 11.8 Å². The minimum absolute atomic E-state index is 0.251. The molecule has 2 N–H and O–H groups in total. The molecule has 2 rings (SSSR count). The molecule has 22 heavy (non-hydrogen) atoms. The molecule has 0 spiro atoms. The van der Waals surface area contributed by atoms with E-state index in [0.717, 1.165) is 11.3 Å². The maximum absolute atomic E-state index is 11.9. The van der Waals surface area contributed by atoms with Gasteiger partial charge in [0, 0.05) is 16.9 Å². The number of pyridine rings is 1. The molecule has 0 radical (unpaired) electrons. The van der Waals surface area contributed by atoms with E-state index in [0.29, 0.717) is 17.3 Å². The fourth-order valence-electron chi connectivity index (χ4n) is 1.82. The van der Waals surface area contributed by atoms with Crippen molar-refractivity contribution in [3.63, 3.8) is 0 Å². The smallest absolute Gasteiger partial charge is 0.233 e. The number of benzene rings is 1. The number of nitrogens with one attached hydrogen (secondary N) is 2. The van der Waals surface area contributed by atoms with E-state index in [1.807, 2.05) is 13.0 Å². The zero-order valence-electron chi connectivity index (χ0n) is 12.1. The van der Waals surface area contributed by atoms with E-state index in [-0.39, 0.29) is 18.2 Å². The van der Waals surface area contributed by atoms with Crippen molar-refractivity contribution >= 4 is 29.1 Å². The number of hydrogen-bond acceptors (Lipinski definition) is 3. The third kappa shape index (κ3) is 4.86. The first-order chi connectivity index (χ1) is 10.5. The average molecular weight is 318 g/mol. The molecule has 1 aromatic carbocycles. The Morgan fingerprint density at radius 2 is 2.00 bits per heavy atom. The Labute approximate surface area is 133 Å². The van der Waals surface area contributed by atoms with Crippen LogP contribution in [0.3, 0.4) is 0 Å². The summed E-state index contributed by atoms with van der Waals surface area (Å²) in [4.78, 5) is 27.7. The minimum Gasteiger partial charge on any atom is -0.350 e. The highest BCUT2D eigenvalue weighted by molar-refractivity contribution is 6.31. The molecule has 0 fully saturated rings. The molecule has 2 amide bonds. The van der Waals surface area contributed by atoms with Gasteiger partial charge in [-0.25, -0.2) is 0 Å². The number of amides is 2. The fourth-order valence-corrected chi connectivity index (χ4v) is 2.00. The van der Waals surface area contributed by atoms with Crippen LogP contribution in [0, 0.1) is 6.92 Å². The van der Waals surface area contributed by atoms with Crippen LogP contribution in [0.2, 0.25) is 5.02 Å². The van der Waals surface area contributed by atoms with Crippen LogP contribution < -0.4 is 10.6 Å². The summed E-state index contributed by atoms with van der Waals surface area (Å²) in [5.74, 6) is -0.744. The van der Waals surface area contributed by atoms with E-state index in [9.17, 15) is 9.59 Å². The van der Waals surface area contributed by atoms with Crippen LogP contribution in [-0.2, 0) is 16.1 Å². The molecule has 6 heteroatoms. The Morgan fingerprint density at radius 3 is 2.73 bits per heavy atom. The number of carbonyl (C=O) groups excluding carboxylic acids is 2. The van der Waals surface area contributed by atoms with Gasteiger partial charge in [0.1, 0.15) is 6.42 Å². The van der Waals surface area contributed by atoms with Crippen molar-refractivity contribution in [2.24, 2.45) is 0 Å². The molecule has 1 aromatic heterocycles. The summed E-state index contributed by atoms with van der Waals surface area (Å²) in [5, 5.41) is 5.86. The predicted molar refractivity (Wildman–Crippen MR) is 85.5 cm³/mol. The number of hydrogen-bond donors (Lipinski definition) is 2. The summed E-state index contributed by atoms with van der Waals surface area (Å²) in [7, 11) is 0. The number of aryl methyl sites for hydroxylation is 1. The van der Waals surface area contributed by atoms with Gasteiger partial charge in [-0.15, -0.1) is 0 Å². The molecule has 0 aliphatic heterocycles. The Morgan fingerprint density at radius 1 is 1.18 bits per heavy atom. The van der Waals surface area contributed by atoms with Gasteiger partial charge in [-0.3, -0.25) is 14.6 Å². The van der Waals surface area contributed by atoms with E-state index in [1.54, 1.807) is 36.5 Å². The largest absolute Gasteiger partial charge is 0.350 e. The summed E-state index contributed by atoms with van der Waals surface area (Å²) in [6.45, 7) is 2.15. The molecular weight excluding hydrogens is 302 g/mol. The monoisotopic (exact) mass is 317 g/mol. The number of carbonyl (C=O) groups is 2. The fraction of sp³-hybridized carbons (Fsp3) is 0.188. The normalized spacial score (nSPS) is 10.1. The topological polar surface area (TPSA) is 71.1 Å². The van der Waals surface area contributed by atoms with Crippen molar-refractivity contribution in [1.29, 1.82) is 0 Å². The lowest BCUT2D eigenvalue weighted by Crippen LogP contribution is -2.28. The maximum atomic E-state index is 11.9. The summed E-state index contributed by atoms with van der Waals surface area (Å²) in [6.07, 6.45) is 1.40. The van der Waals surface area contributed by atoms with Crippen LogP contribution in [0.1, 0.15) is 17.7 Å². The van der Waals surface area contributed by atoms with Crippen molar-refractivity contribution in [3.8, 4) is 0 Å². The molecule has 0 saturated carbocycles. The lowest BCUT2D eigenvalue weighted by Gasteiger charge is -2.09. The van der Waals surface area contributed by atoms with Gasteiger partial charge in [-0.2, -0.15) is 0 Å². The molecule has 0 saturated heterocycles. The molecule has 5 nitrogen and oxygen atoms in total. The van der Waals surface area contributed by atoms with Crippen LogP contribution >= 0.6 is 11.6 Å². The molecular formula is C16H16ClN3O2. The van der Waals surface area contributed by atoms with Crippen LogP contribution in [-0.4, -0.2) is 16.8 Å². The van der Waals surface area contributed by atoms with Crippen molar-refractivity contribution < 1.29 is 9.59 Å². The lowest BCUT2D eigenvalue weighted by atomic mass is 10.2. The SMILES string of the molecule is Cc1ccc(Cl)cc1NC(=O)CC(=O)NCc1ccccn1. The Kier molecular flexibility index (Phi) is 5.49. The summed E-state index contributed by atoms with van der Waals surface area (Å²) in [6, 6.07) is 10.6. The van der Waals surface area contributed by atoms with Crippen molar-refractivity contribution in [2.45, 2.75) is 19.9 Å². The molecule has 0 atom stereocenters. The molecule has 0 unspecified atom stereocenters. The first-order valence-electron chi connectivity index (χ1n) is 6.77. The second kappa shape index (κ2) is 7.56. The van der Waals surface area contributed by atoms with Crippen molar-refractivity contribution in [1.82, 2.24) is 10.3 Å². The molecule has 2 aromatic rings. The van der Waals surface area contributed by atoms with E-state index in [4.69, 9.17) is 11.6 Å². The first kappa shape index (κ1) is 16.0. The summed E-state index contributed by atoms with van der Waals surface area (Å²) in [5.41, 5.74) is 2.23. The standard InChI is InChI=1S/C16H16ClN3O2/c1-11-5-6-12(17)8-14(11)20-16(22)9-15(21)19-10-13-4-2-3-7-18-13/h2-8H,9-10H2,1H3,(H,19,21)(H,20,22). The highest BCUT2D eigenvalue weighted by atomic mass is 35.5. The maximum Gasteiger partial charge on any atom is 0.233 e. The number of halogens is 1. The van der Waals surface area contributed by atoms with Crippen LogP contribution in [0.5, 0.6) is 0 Å². The van der Waals surface area contributed by atoms with E-state index in [2.05, 4.69) is 15.6 Å². The highest BCUT2D eigenvalue weighted by Gasteiger charge is 2.11. The van der Waals surface area contributed by atoms with Gasteiger partial charge < -0.3 is 10.6 Å². The lowest BCUT2D eigenvalue weighted by molar-refractivity contribution is -0.126. The van der Waals surface area contributed by atoms with Crippen LogP contribution in [0.25, 0.3) is 0 Å². The van der Waals surface area contributed by atoms with Gasteiger partial charge >= 0.3 is 0 Å². The van der Waals surface area contributed by atoms with E-state index < -0.39 is 0 Å². The molecule has 114 valence electrons. The average Bonchev–Trinajstić information content (AvgIpc) is 2.50. The molecule has 0 bridgehead atoms. The zero-order chi connectivity index (χ0) is 15.9. The summed E-state index contributed by atoms with van der Waals surface area (Å²) >= 11 is 5.89. The van der Waals surface area contributed by atoms with Crippen molar-refractivity contribution in [2.75, 3.05) is 5.32 Å². The van der Waals surface area contributed by atoms with E-state index >= 15 is 0 Å². The van der Waals surface area contributed by atoms with Crippen LogP contribution in [0.15, 0.2) is 42.6 Å². The number of rotatable bonds is 5. The van der Waals surface area contributed by atoms with Gasteiger partial charge in [0.15, 0.2) is 0 Å².